The topological polar surface area (TPSA) is 71.9 Å². The fraction of sp³-hybridized carbons (Fsp3) is 0.360. The van der Waals surface area contributed by atoms with Crippen LogP contribution in [0.25, 0.3) is 10.9 Å². The number of para-hydroxylation sites is 1. The van der Waals surface area contributed by atoms with Crippen LogP contribution < -0.4 is 9.47 Å². The first-order valence-electron chi connectivity index (χ1n) is 10.8. The Morgan fingerprint density at radius 1 is 1.06 bits per heavy atom. The summed E-state index contributed by atoms with van der Waals surface area (Å²) < 4.78 is 11.2. The molecule has 6 nitrogen and oxygen atoms in total. The van der Waals surface area contributed by atoms with Gasteiger partial charge in [-0.2, -0.15) is 0 Å². The second-order valence-electron chi connectivity index (χ2n) is 7.76. The van der Waals surface area contributed by atoms with Gasteiger partial charge in [0.15, 0.2) is 11.5 Å². The number of hydrogen-bond donors (Lipinski definition) is 1. The molecule has 1 amide bonds. The van der Waals surface area contributed by atoms with Gasteiger partial charge in [-0.15, -0.1) is 0 Å². The van der Waals surface area contributed by atoms with E-state index in [0.29, 0.717) is 49.8 Å². The van der Waals surface area contributed by atoms with Crippen LogP contribution in [0.2, 0.25) is 0 Å². The van der Waals surface area contributed by atoms with Gasteiger partial charge in [-0.3, -0.25) is 9.78 Å². The van der Waals surface area contributed by atoms with Gasteiger partial charge < -0.3 is 19.5 Å². The second-order valence-corrected chi connectivity index (χ2v) is 7.76. The van der Waals surface area contributed by atoms with Crippen molar-refractivity contribution in [3.05, 3.63) is 65.9 Å². The van der Waals surface area contributed by atoms with E-state index in [-0.39, 0.29) is 11.8 Å². The van der Waals surface area contributed by atoms with Crippen molar-refractivity contribution in [2.75, 3.05) is 26.3 Å². The van der Waals surface area contributed by atoms with Crippen molar-refractivity contribution >= 4 is 16.8 Å². The predicted octanol–water partition coefficient (Wildman–Crippen LogP) is 3.71. The Morgan fingerprint density at radius 3 is 2.65 bits per heavy atom. The average molecular weight is 421 g/mol. The molecule has 0 radical (unpaired) electrons. The number of rotatable bonds is 7. The van der Waals surface area contributed by atoms with Gasteiger partial charge in [0.2, 0.25) is 0 Å². The number of β-amino-alcohol motifs (C(OH)–C–C–N with tert-alkyl or cyclic N) is 1. The Bertz CT molecular complexity index is 1060. The molecule has 0 aliphatic carbocycles. The van der Waals surface area contributed by atoms with Crippen LogP contribution in [-0.2, 0) is 6.42 Å². The largest absolute Gasteiger partial charge is 0.490 e. The molecule has 2 aromatic carbocycles. The molecule has 2 atom stereocenters. The highest BCUT2D eigenvalue weighted by Crippen LogP contribution is 2.31. The highest BCUT2D eigenvalue weighted by Gasteiger charge is 2.34. The number of benzene rings is 2. The van der Waals surface area contributed by atoms with Crippen molar-refractivity contribution < 1.29 is 19.4 Å². The summed E-state index contributed by atoms with van der Waals surface area (Å²) >= 11 is 0. The Kier molecular flexibility index (Phi) is 6.37. The van der Waals surface area contributed by atoms with E-state index in [1.165, 1.54) is 0 Å². The van der Waals surface area contributed by atoms with E-state index in [2.05, 4.69) is 11.1 Å². The molecule has 0 bridgehead atoms. The fourth-order valence-corrected chi connectivity index (χ4v) is 4.20. The number of fused-ring (bicyclic) bond motifs is 1. The smallest absolute Gasteiger partial charge is 0.254 e. The molecule has 31 heavy (non-hydrogen) atoms. The molecule has 1 aliphatic heterocycles. The number of hydrogen-bond acceptors (Lipinski definition) is 5. The quantitative estimate of drug-likeness (QED) is 0.631. The van der Waals surface area contributed by atoms with E-state index in [1.807, 2.05) is 38.1 Å². The van der Waals surface area contributed by atoms with E-state index in [1.54, 1.807) is 29.3 Å². The Labute approximate surface area is 182 Å². The molecule has 1 aromatic heterocycles. The maximum atomic E-state index is 13.1. The lowest BCUT2D eigenvalue weighted by Crippen LogP contribution is -2.29. The van der Waals surface area contributed by atoms with E-state index < -0.39 is 6.10 Å². The monoisotopic (exact) mass is 420 g/mol. The maximum absolute atomic E-state index is 13.1. The normalized spacial score (nSPS) is 18.4. The summed E-state index contributed by atoms with van der Waals surface area (Å²) in [5, 5.41) is 11.8. The lowest BCUT2D eigenvalue weighted by molar-refractivity contribution is 0.0764. The molecule has 1 fully saturated rings. The number of likely N-dealkylation sites (tertiary alicyclic amines) is 1. The molecule has 3 aromatic rings. The Morgan fingerprint density at radius 2 is 1.84 bits per heavy atom. The number of aliphatic hydroxyl groups excluding tert-OH is 1. The van der Waals surface area contributed by atoms with Gasteiger partial charge in [-0.25, -0.2) is 0 Å². The minimum absolute atomic E-state index is 0.0242. The van der Waals surface area contributed by atoms with Gasteiger partial charge in [-0.05, 0) is 56.2 Å². The van der Waals surface area contributed by atoms with E-state index in [0.717, 1.165) is 16.5 Å². The molecule has 1 N–H and O–H groups in total. The third-order valence-electron chi connectivity index (χ3n) is 5.71. The van der Waals surface area contributed by atoms with E-state index >= 15 is 0 Å². The van der Waals surface area contributed by atoms with Crippen LogP contribution in [0.4, 0.5) is 0 Å². The molecule has 1 aliphatic rings. The minimum atomic E-state index is -0.565. The van der Waals surface area contributed by atoms with Crippen molar-refractivity contribution in [3.8, 4) is 11.5 Å². The lowest BCUT2D eigenvalue weighted by atomic mass is 9.94. The summed E-state index contributed by atoms with van der Waals surface area (Å²) in [6.45, 7) is 5.65. The van der Waals surface area contributed by atoms with Gasteiger partial charge in [0.1, 0.15) is 0 Å². The Hall–Kier alpha value is -3.12. The van der Waals surface area contributed by atoms with Crippen LogP contribution in [-0.4, -0.2) is 53.3 Å². The van der Waals surface area contributed by atoms with Crippen LogP contribution in [0.15, 0.2) is 54.7 Å². The van der Waals surface area contributed by atoms with Gasteiger partial charge in [0.25, 0.3) is 5.91 Å². The average Bonchev–Trinajstić information content (AvgIpc) is 3.15. The van der Waals surface area contributed by atoms with Gasteiger partial charge in [0.05, 0.1) is 24.8 Å². The molecule has 2 heterocycles. The van der Waals surface area contributed by atoms with E-state index in [9.17, 15) is 9.90 Å². The predicted molar refractivity (Wildman–Crippen MR) is 120 cm³/mol. The molecule has 6 heteroatoms. The number of aromatic nitrogens is 1. The molecule has 1 saturated heterocycles. The maximum Gasteiger partial charge on any atom is 0.254 e. The summed E-state index contributed by atoms with van der Waals surface area (Å²) in [5.41, 5.74) is 2.62. The van der Waals surface area contributed by atoms with Crippen molar-refractivity contribution in [3.63, 3.8) is 0 Å². The van der Waals surface area contributed by atoms with Gasteiger partial charge in [-0.1, -0.05) is 18.2 Å². The zero-order chi connectivity index (χ0) is 21.8. The summed E-state index contributed by atoms with van der Waals surface area (Å²) in [4.78, 5) is 19.3. The first-order valence-corrected chi connectivity index (χ1v) is 10.8. The molecule has 0 unspecified atom stereocenters. The Balaban J connectivity index is 1.50. The van der Waals surface area contributed by atoms with Crippen LogP contribution in [0.3, 0.4) is 0 Å². The summed E-state index contributed by atoms with van der Waals surface area (Å²) in [6.07, 6.45) is 1.93. The third-order valence-corrected chi connectivity index (χ3v) is 5.71. The number of pyridine rings is 1. The number of carbonyl (C=O) groups is 1. The molecular weight excluding hydrogens is 392 g/mol. The second kappa shape index (κ2) is 9.35. The molecular formula is C25H28N2O4. The van der Waals surface area contributed by atoms with Crippen LogP contribution in [0.5, 0.6) is 11.5 Å². The molecule has 0 saturated carbocycles. The highest BCUT2D eigenvalue weighted by atomic mass is 16.5. The third kappa shape index (κ3) is 4.49. The van der Waals surface area contributed by atoms with Crippen LogP contribution in [0, 0.1) is 5.92 Å². The first-order chi connectivity index (χ1) is 15.1. The minimum Gasteiger partial charge on any atom is -0.490 e. The SMILES string of the molecule is CCOc1ccc(C(=O)N2C[C@@H](Cc3ccnc4ccccc34)[C@H](O)C2)cc1OCC. The number of carbonyl (C=O) groups excluding carboxylic acids is 1. The molecule has 162 valence electrons. The van der Waals surface area contributed by atoms with Crippen LogP contribution >= 0.6 is 0 Å². The molecule has 4 rings (SSSR count). The van der Waals surface area contributed by atoms with Crippen LogP contribution in [0.1, 0.15) is 29.8 Å². The number of nitrogens with zero attached hydrogens (tertiary/aromatic N) is 2. The molecule has 0 spiro atoms. The number of amides is 1. The lowest BCUT2D eigenvalue weighted by Gasteiger charge is -2.18. The van der Waals surface area contributed by atoms with Gasteiger partial charge >= 0.3 is 0 Å². The first kappa shape index (κ1) is 21.1. The highest BCUT2D eigenvalue weighted by molar-refractivity contribution is 5.95. The summed E-state index contributed by atoms with van der Waals surface area (Å²) in [6, 6.07) is 15.3. The van der Waals surface area contributed by atoms with E-state index in [4.69, 9.17) is 9.47 Å². The number of ether oxygens (including phenoxy) is 2. The standard InChI is InChI=1S/C25H28N2O4/c1-3-30-23-10-9-18(14-24(23)31-4-2)25(29)27-15-19(22(28)16-27)13-17-11-12-26-21-8-6-5-7-20(17)21/h5-12,14,19,22,28H,3-4,13,15-16H2,1-2H3/t19-,22-/m1/s1. The summed E-state index contributed by atoms with van der Waals surface area (Å²) in [5.74, 6) is 1.06. The van der Waals surface area contributed by atoms with Gasteiger partial charge in [0, 0.05) is 36.2 Å². The number of aliphatic hydroxyl groups is 1. The van der Waals surface area contributed by atoms with Crippen molar-refractivity contribution in [1.82, 2.24) is 9.88 Å². The van der Waals surface area contributed by atoms with Crippen molar-refractivity contribution in [2.45, 2.75) is 26.4 Å². The van der Waals surface area contributed by atoms with Crippen molar-refractivity contribution in [1.29, 1.82) is 0 Å². The zero-order valence-electron chi connectivity index (χ0n) is 18.0. The van der Waals surface area contributed by atoms with Crippen molar-refractivity contribution in [2.24, 2.45) is 5.92 Å². The zero-order valence-corrected chi connectivity index (χ0v) is 18.0. The summed E-state index contributed by atoms with van der Waals surface area (Å²) in [7, 11) is 0. The fourth-order valence-electron chi connectivity index (χ4n) is 4.20.